The lowest BCUT2D eigenvalue weighted by molar-refractivity contribution is 0.432. The Morgan fingerprint density at radius 1 is 1.37 bits per heavy atom. The number of ether oxygens (including phenoxy) is 1. The Balaban J connectivity index is 2.35. The zero-order chi connectivity index (χ0) is 14.2. The van der Waals surface area contributed by atoms with Gasteiger partial charge in [0, 0.05) is 12.1 Å². The number of aryl methyl sites for hydroxylation is 2. The molecule has 0 atom stereocenters. The van der Waals surface area contributed by atoms with E-state index in [9.17, 15) is 0 Å². The second kappa shape index (κ2) is 5.13. The minimum Gasteiger partial charge on any atom is -0.437 e. The highest BCUT2D eigenvalue weighted by Crippen LogP contribution is 2.33. The van der Waals surface area contributed by atoms with Crippen LogP contribution in [0.4, 0.5) is 5.69 Å². The van der Waals surface area contributed by atoms with Crippen LogP contribution in [-0.2, 0) is 7.05 Å². The van der Waals surface area contributed by atoms with Crippen LogP contribution < -0.4 is 10.5 Å². The lowest BCUT2D eigenvalue weighted by atomic mass is 10.1. The molecule has 0 saturated carbocycles. The van der Waals surface area contributed by atoms with Gasteiger partial charge in [-0.1, -0.05) is 25.4 Å². The SMILES string of the molecule is Cc1cc(Oc2c(N)c(C(C)C)nn2C)ccc1Cl. The van der Waals surface area contributed by atoms with E-state index in [-0.39, 0.29) is 5.92 Å². The van der Waals surface area contributed by atoms with E-state index >= 15 is 0 Å². The average molecular weight is 280 g/mol. The molecule has 0 amide bonds. The molecule has 4 nitrogen and oxygen atoms in total. The second-order valence-electron chi connectivity index (χ2n) is 4.90. The molecule has 0 aliphatic heterocycles. The zero-order valence-corrected chi connectivity index (χ0v) is 12.3. The summed E-state index contributed by atoms with van der Waals surface area (Å²) in [6, 6.07) is 5.50. The lowest BCUT2D eigenvalue weighted by Crippen LogP contribution is -1.97. The highest BCUT2D eigenvalue weighted by molar-refractivity contribution is 6.31. The zero-order valence-electron chi connectivity index (χ0n) is 11.6. The maximum absolute atomic E-state index is 6.09. The van der Waals surface area contributed by atoms with Gasteiger partial charge in [0.05, 0.1) is 5.69 Å². The van der Waals surface area contributed by atoms with Gasteiger partial charge >= 0.3 is 0 Å². The number of aromatic nitrogens is 2. The Labute approximate surface area is 118 Å². The van der Waals surface area contributed by atoms with Gasteiger partial charge in [-0.05, 0) is 36.6 Å². The number of anilines is 1. The summed E-state index contributed by atoms with van der Waals surface area (Å²) in [6.45, 7) is 6.03. The van der Waals surface area contributed by atoms with Gasteiger partial charge in [-0.15, -0.1) is 0 Å². The summed E-state index contributed by atoms with van der Waals surface area (Å²) >= 11 is 5.99. The van der Waals surface area contributed by atoms with Gasteiger partial charge in [0.15, 0.2) is 0 Å². The van der Waals surface area contributed by atoms with Crippen LogP contribution >= 0.6 is 11.6 Å². The molecular formula is C14H18ClN3O. The maximum atomic E-state index is 6.09. The molecular weight excluding hydrogens is 262 g/mol. The molecule has 0 spiro atoms. The van der Waals surface area contributed by atoms with Gasteiger partial charge in [-0.3, -0.25) is 0 Å². The molecule has 2 N–H and O–H groups in total. The third-order valence-electron chi connectivity index (χ3n) is 2.95. The predicted octanol–water partition coefficient (Wildman–Crippen LogP) is 3.88. The Hall–Kier alpha value is -1.68. The molecule has 0 aliphatic carbocycles. The monoisotopic (exact) mass is 279 g/mol. The van der Waals surface area contributed by atoms with Gasteiger partial charge in [-0.25, -0.2) is 4.68 Å². The van der Waals surface area contributed by atoms with E-state index in [4.69, 9.17) is 22.1 Å². The molecule has 0 aliphatic rings. The van der Waals surface area contributed by atoms with Crippen molar-refractivity contribution in [3.8, 4) is 11.6 Å². The fourth-order valence-electron chi connectivity index (χ4n) is 1.88. The van der Waals surface area contributed by atoms with E-state index in [1.54, 1.807) is 4.68 Å². The molecule has 1 aromatic carbocycles. The highest BCUT2D eigenvalue weighted by Gasteiger charge is 2.17. The summed E-state index contributed by atoms with van der Waals surface area (Å²) in [5.41, 5.74) is 8.49. The van der Waals surface area contributed by atoms with Crippen LogP contribution in [0.1, 0.15) is 31.0 Å². The predicted molar refractivity (Wildman–Crippen MR) is 78.0 cm³/mol. The normalized spacial score (nSPS) is 11.1. The van der Waals surface area contributed by atoms with Crippen LogP contribution in [0.2, 0.25) is 5.02 Å². The first-order valence-corrected chi connectivity index (χ1v) is 6.54. The first kappa shape index (κ1) is 13.7. The van der Waals surface area contributed by atoms with Crippen molar-refractivity contribution in [2.45, 2.75) is 26.7 Å². The van der Waals surface area contributed by atoms with E-state index in [0.717, 1.165) is 11.3 Å². The van der Waals surface area contributed by atoms with Crippen molar-refractivity contribution in [2.75, 3.05) is 5.73 Å². The quantitative estimate of drug-likeness (QED) is 0.928. The molecule has 102 valence electrons. The lowest BCUT2D eigenvalue weighted by Gasteiger charge is -2.08. The fourth-order valence-corrected chi connectivity index (χ4v) is 2.00. The van der Waals surface area contributed by atoms with Crippen LogP contribution in [0.15, 0.2) is 18.2 Å². The van der Waals surface area contributed by atoms with Gasteiger partial charge in [0.1, 0.15) is 11.4 Å². The Kier molecular flexibility index (Phi) is 3.71. The molecule has 19 heavy (non-hydrogen) atoms. The van der Waals surface area contributed by atoms with E-state index in [2.05, 4.69) is 18.9 Å². The minimum atomic E-state index is 0.260. The molecule has 0 saturated heterocycles. The van der Waals surface area contributed by atoms with E-state index in [1.165, 1.54) is 0 Å². The third kappa shape index (κ3) is 2.68. The molecule has 2 rings (SSSR count). The molecule has 0 bridgehead atoms. The number of hydrogen-bond acceptors (Lipinski definition) is 3. The number of halogens is 1. The van der Waals surface area contributed by atoms with Crippen molar-refractivity contribution in [3.05, 3.63) is 34.5 Å². The molecule has 2 aromatic rings. The number of benzene rings is 1. The van der Waals surface area contributed by atoms with Crippen LogP contribution in [0.3, 0.4) is 0 Å². The number of nitrogens with zero attached hydrogens (tertiary/aromatic N) is 2. The standard InChI is InChI=1S/C14H18ClN3O/c1-8(2)13-12(16)14(18(4)17-13)19-10-5-6-11(15)9(3)7-10/h5-8H,16H2,1-4H3. The topological polar surface area (TPSA) is 53.1 Å². The first-order valence-electron chi connectivity index (χ1n) is 6.16. The summed E-state index contributed by atoms with van der Waals surface area (Å²) in [7, 11) is 1.82. The van der Waals surface area contributed by atoms with E-state index in [1.807, 2.05) is 32.2 Å². The van der Waals surface area contributed by atoms with Crippen molar-refractivity contribution >= 4 is 17.3 Å². The van der Waals surface area contributed by atoms with Crippen LogP contribution in [0.25, 0.3) is 0 Å². The van der Waals surface area contributed by atoms with Crippen molar-refractivity contribution < 1.29 is 4.74 Å². The minimum absolute atomic E-state index is 0.260. The fraction of sp³-hybridized carbons (Fsp3) is 0.357. The summed E-state index contributed by atoms with van der Waals surface area (Å²) in [5, 5.41) is 5.10. The van der Waals surface area contributed by atoms with Crippen LogP contribution in [-0.4, -0.2) is 9.78 Å². The third-order valence-corrected chi connectivity index (χ3v) is 3.37. The van der Waals surface area contributed by atoms with E-state index < -0.39 is 0 Å². The smallest absolute Gasteiger partial charge is 0.241 e. The summed E-state index contributed by atoms with van der Waals surface area (Å²) in [6.07, 6.45) is 0. The van der Waals surface area contributed by atoms with Gasteiger partial charge in [0.2, 0.25) is 5.88 Å². The maximum Gasteiger partial charge on any atom is 0.241 e. The second-order valence-corrected chi connectivity index (χ2v) is 5.30. The largest absolute Gasteiger partial charge is 0.437 e. The Bertz CT molecular complexity index is 605. The molecule has 5 heteroatoms. The Morgan fingerprint density at radius 2 is 2.05 bits per heavy atom. The molecule has 0 fully saturated rings. The number of nitrogens with two attached hydrogens (primary N) is 1. The van der Waals surface area contributed by atoms with Gasteiger partial charge in [-0.2, -0.15) is 5.10 Å². The first-order chi connectivity index (χ1) is 8.90. The van der Waals surface area contributed by atoms with Crippen molar-refractivity contribution in [3.63, 3.8) is 0 Å². The van der Waals surface area contributed by atoms with Crippen LogP contribution in [0, 0.1) is 6.92 Å². The Morgan fingerprint density at radius 3 is 2.58 bits per heavy atom. The number of nitrogen functional groups attached to an aromatic ring is 1. The molecule has 0 radical (unpaired) electrons. The summed E-state index contributed by atoms with van der Waals surface area (Å²) in [4.78, 5) is 0. The highest BCUT2D eigenvalue weighted by atomic mass is 35.5. The average Bonchev–Trinajstić information content (AvgIpc) is 2.62. The number of hydrogen-bond donors (Lipinski definition) is 1. The molecule has 1 heterocycles. The molecule has 1 aromatic heterocycles. The van der Waals surface area contributed by atoms with Crippen LogP contribution in [0.5, 0.6) is 11.6 Å². The van der Waals surface area contributed by atoms with Crippen molar-refractivity contribution in [1.82, 2.24) is 9.78 Å². The summed E-state index contributed by atoms with van der Waals surface area (Å²) < 4.78 is 7.48. The van der Waals surface area contributed by atoms with Crippen molar-refractivity contribution in [1.29, 1.82) is 0 Å². The molecule has 0 unspecified atom stereocenters. The summed E-state index contributed by atoms with van der Waals surface area (Å²) in [5.74, 6) is 1.52. The number of rotatable bonds is 3. The van der Waals surface area contributed by atoms with E-state index in [0.29, 0.717) is 22.3 Å². The van der Waals surface area contributed by atoms with Crippen molar-refractivity contribution in [2.24, 2.45) is 7.05 Å². The van der Waals surface area contributed by atoms with Gasteiger partial charge in [0.25, 0.3) is 0 Å². The van der Waals surface area contributed by atoms with Gasteiger partial charge < -0.3 is 10.5 Å².